The van der Waals surface area contributed by atoms with Gasteiger partial charge in [-0.15, -0.1) is 0 Å². The lowest BCUT2D eigenvalue weighted by Crippen LogP contribution is -2.02. The molecule has 0 bridgehead atoms. The Morgan fingerprint density at radius 3 is 2.44 bits per heavy atom. The Morgan fingerprint density at radius 2 is 1.83 bits per heavy atom. The van der Waals surface area contributed by atoms with Crippen LogP contribution < -0.4 is 15.2 Å². The Bertz CT molecular complexity index is 357. The summed E-state index contributed by atoms with van der Waals surface area (Å²) < 4.78 is 27.1. The molecule has 1 atom stereocenters. The van der Waals surface area contributed by atoms with Crippen molar-refractivity contribution < 1.29 is 13.5 Å². The highest BCUT2D eigenvalue weighted by atomic mass is 32.2. The molecule has 0 spiro atoms. The fraction of sp³-hybridized carbons (Fsp3) is 0.500. The van der Waals surface area contributed by atoms with Crippen LogP contribution in [0.2, 0.25) is 0 Å². The van der Waals surface area contributed by atoms with Crippen LogP contribution in [-0.4, -0.2) is 21.9 Å². The van der Waals surface area contributed by atoms with E-state index < -0.39 is 11.3 Å². The van der Waals surface area contributed by atoms with Gasteiger partial charge in [-0.3, -0.25) is 9.27 Å². The fourth-order valence-corrected chi connectivity index (χ4v) is 1.85. The van der Waals surface area contributed by atoms with Gasteiger partial charge in [0.1, 0.15) is 5.75 Å². The molecule has 1 unspecified atom stereocenters. The minimum absolute atomic E-state index is 0.589. The first kappa shape index (κ1) is 14.9. The summed E-state index contributed by atoms with van der Waals surface area (Å²) in [5.41, 5.74) is 6.00. The molecule has 0 saturated carbocycles. The van der Waals surface area contributed by atoms with E-state index in [0.717, 1.165) is 38.0 Å². The first-order valence-corrected chi connectivity index (χ1v) is 7.13. The zero-order chi connectivity index (χ0) is 13.2. The van der Waals surface area contributed by atoms with Crippen molar-refractivity contribution in [1.29, 1.82) is 0 Å². The Balaban J connectivity index is 2.20. The van der Waals surface area contributed by atoms with E-state index >= 15 is 0 Å². The lowest BCUT2D eigenvalue weighted by atomic mass is 10.2. The van der Waals surface area contributed by atoms with Crippen molar-refractivity contribution in [1.82, 2.24) is 0 Å². The number of nitrogens with one attached hydrogen (secondary N) is 1. The van der Waals surface area contributed by atoms with Crippen molar-refractivity contribution >= 4 is 17.0 Å². The minimum Gasteiger partial charge on any atom is -0.494 e. The molecule has 1 rings (SSSR count). The maximum Gasteiger partial charge on any atom is 0.259 e. The highest BCUT2D eigenvalue weighted by Crippen LogP contribution is 2.16. The zero-order valence-electron chi connectivity index (χ0n) is 10.3. The molecule has 0 aromatic heterocycles. The Kier molecular flexibility index (Phi) is 7.40. The molecule has 0 radical (unpaired) electrons. The van der Waals surface area contributed by atoms with Crippen LogP contribution in [0.25, 0.3) is 0 Å². The molecule has 18 heavy (non-hydrogen) atoms. The van der Waals surface area contributed by atoms with Crippen LogP contribution in [0, 0.1) is 0 Å². The lowest BCUT2D eigenvalue weighted by molar-refractivity contribution is 0.305. The summed E-state index contributed by atoms with van der Waals surface area (Å²) in [6, 6.07) is 6.96. The van der Waals surface area contributed by atoms with Gasteiger partial charge in [0.2, 0.25) is 0 Å². The molecule has 0 amide bonds. The molecule has 0 aliphatic heterocycles. The number of hydrogen-bond donors (Lipinski definition) is 3. The molecule has 102 valence electrons. The molecule has 0 aliphatic carbocycles. The molecular weight excluding hydrogens is 252 g/mol. The predicted molar refractivity (Wildman–Crippen MR) is 73.9 cm³/mol. The zero-order valence-corrected chi connectivity index (χ0v) is 11.1. The molecule has 0 fully saturated rings. The van der Waals surface area contributed by atoms with Crippen LogP contribution in [-0.2, 0) is 11.3 Å². The highest BCUT2D eigenvalue weighted by molar-refractivity contribution is 7.80. The summed E-state index contributed by atoms with van der Waals surface area (Å²) >= 11 is -2.03. The largest absolute Gasteiger partial charge is 0.494 e. The van der Waals surface area contributed by atoms with Gasteiger partial charge in [0.05, 0.1) is 6.61 Å². The molecule has 1 aromatic rings. The summed E-state index contributed by atoms with van der Waals surface area (Å²) in [6.45, 7) is 1.44. The number of unbranched alkanes of at least 4 members (excludes halogenated alkanes) is 3. The van der Waals surface area contributed by atoms with Crippen molar-refractivity contribution in [2.75, 3.05) is 17.9 Å². The molecule has 1 aromatic carbocycles. The topological polar surface area (TPSA) is 84.6 Å². The average molecular weight is 272 g/mol. The smallest absolute Gasteiger partial charge is 0.259 e. The van der Waals surface area contributed by atoms with Gasteiger partial charge in [-0.2, -0.15) is 0 Å². The number of ether oxygens (including phenoxy) is 1. The Hall–Kier alpha value is -1.11. The highest BCUT2D eigenvalue weighted by Gasteiger charge is 1.97. The van der Waals surface area contributed by atoms with Crippen molar-refractivity contribution in [3.05, 3.63) is 24.3 Å². The van der Waals surface area contributed by atoms with Gasteiger partial charge < -0.3 is 10.5 Å². The molecule has 0 heterocycles. The second-order valence-corrected chi connectivity index (χ2v) is 4.63. The predicted octanol–water partition coefficient (Wildman–Crippen LogP) is 2.13. The van der Waals surface area contributed by atoms with E-state index in [-0.39, 0.29) is 0 Å². The second-order valence-electron chi connectivity index (χ2n) is 3.93. The van der Waals surface area contributed by atoms with Gasteiger partial charge in [-0.1, -0.05) is 12.8 Å². The third kappa shape index (κ3) is 6.58. The Morgan fingerprint density at radius 1 is 1.17 bits per heavy atom. The van der Waals surface area contributed by atoms with Crippen LogP contribution in [0.15, 0.2) is 24.3 Å². The standard InChI is InChI=1S/C12H20N2O3S/c13-9-3-1-2-4-10-17-12-7-5-11(6-8-12)14-18(15)16/h5-8,14H,1-4,9-10,13H2,(H,15,16). The maximum absolute atomic E-state index is 10.5. The van der Waals surface area contributed by atoms with Crippen molar-refractivity contribution in [2.45, 2.75) is 25.7 Å². The van der Waals surface area contributed by atoms with Crippen LogP contribution in [0.3, 0.4) is 0 Å². The van der Waals surface area contributed by atoms with Crippen molar-refractivity contribution in [3.8, 4) is 5.75 Å². The van der Waals surface area contributed by atoms with Gasteiger partial charge in [0, 0.05) is 5.69 Å². The van der Waals surface area contributed by atoms with Crippen LogP contribution in [0.5, 0.6) is 5.75 Å². The van der Waals surface area contributed by atoms with E-state index in [4.69, 9.17) is 15.0 Å². The summed E-state index contributed by atoms with van der Waals surface area (Å²) in [7, 11) is 0. The van der Waals surface area contributed by atoms with Gasteiger partial charge in [-0.25, -0.2) is 4.21 Å². The molecule has 6 heteroatoms. The number of hydrogen-bond acceptors (Lipinski definition) is 3. The lowest BCUT2D eigenvalue weighted by Gasteiger charge is -2.07. The maximum atomic E-state index is 10.5. The van der Waals surface area contributed by atoms with E-state index in [2.05, 4.69) is 4.72 Å². The number of anilines is 1. The normalized spacial score (nSPS) is 12.1. The van der Waals surface area contributed by atoms with Crippen LogP contribution in [0.4, 0.5) is 5.69 Å². The van der Waals surface area contributed by atoms with E-state index in [0.29, 0.717) is 12.3 Å². The molecule has 0 saturated heterocycles. The van der Waals surface area contributed by atoms with Gasteiger partial charge in [-0.05, 0) is 43.7 Å². The van der Waals surface area contributed by atoms with E-state index in [1.807, 2.05) is 0 Å². The van der Waals surface area contributed by atoms with Gasteiger partial charge in [0.25, 0.3) is 11.3 Å². The number of rotatable bonds is 9. The molecule has 5 nitrogen and oxygen atoms in total. The summed E-state index contributed by atoms with van der Waals surface area (Å²) in [5.74, 6) is 0.767. The summed E-state index contributed by atoms with van der Waals surface area (Å²) in [5, 5.41) is 0. The van der Waals surface area contributed by atoms with Gasteiger partial charge in [0.15, 0.2) is 0 Å². The number of nitrogens with two attached hydrogens (primary N) is 1. The molecular formula is C12H20N2O3S. The SMILES string of the molecule is NCCCCCCOc1ccc(NS(=O)O)cc1. The van der Waals surface area contributed by atoms with Crippen molar-refractivity contribution in [2.24, 2.45) is 5.73 Å². The van der Waals surface area contributed by atoms with Crippen LogP contribution in [0.1, 0.15) is 25.7 Å². The molecule has 4 N–H and O–H groups in total. The summed E-state index contributed by atoms with van der Waals surface area (Å²) in [4.78, 5) is 0. The fourth-order valence-electron chi connectivity index (χ4n) is 1.51. The van der Waals surface area contributed by atoms with E-state index in [9.17, 15) is 4.21 Å². The van der Waals surface area contributed by atoms with E-state index in [1.165, 1.54) is 0 Å². The first-order chi connectivity index (χ1) is 8.72. The molecule has 0 aliphatic rings. The second kappa shape index (κ2) is 8.91. The van der Waals surface area contributed by atoms with Crippen LogP contribution >= 0.6 is 0 Å². The minimum atomic E-state index is -2.03. The summed E-state index contributed by atoms with van der Waals surface area (Å²) in [6.07, 6.45) is 4.35. The Labute approximate surface area is 110 Å². The van der Waals surface area contributed by atoms with Gasteiger partial charge >= 0.3 is 0 Å². The third-order valence-corrected chi connectivity index (χ3v) is 2.84. The van der Waals surface area contributed by atoms with E-state index in [1.54, 1.807) is 24.3 Å². The average Bonchev–Trinajstić information content (AvgIpc) is 2.35. The first-order valence-electron chi connectivity index (χ1n) is 6.03. The third-order valence-electron chi connectivity index (χ3n) is 2.43. The monoisotopic (exact) mass is 272 g/mol. The quantitative estimate of drug-likeness (QED) is 0.475. The number of benzene rings is 1. The van der Waals surface area contributed by atoms with Crippen molar-refractivity contribution in [3.63, 3.8) is 0 Å².